The number of aromatic nitrogens is 2. The van der Waals surface area contributed by atoms with Gasteiger partial charge in [-0.15, -0.1) is 0 Å². The van der Waals surface area contributed by atoms with Crippen molar-refractivity contribution in [2.45, 2.75) is 121 Å². The van der Waals surface area contributed by atoms with Gasteiger partial charge >= 0.3 is 0 Å². The first-order chi connectivity index (χ1) is 18.6. The second kappa shape index (κ2) is 11.4. The van der Waals surface area contributed by atoms with Gasteiger partial charge in [0.2, 0.25) is 0 Å². The summed E-state index contributed by atoms with van der Waals surface area (Å²) in [5.41, 5.74) is 1.27. The van der Waals surface area contributed by atoms with Crippen LogP contribution in [0.15, 0.2) is 29.1 Å². The standard InChI is InChI=1S/C30H42N4O4/c1-2-37-30-26(38-30)16-17-31-28(35)27-29(36)34(25-13-9-8-12-24(25)32-27)23-18-21-14-15-22(19-23)33(21)20-10-6-4-3-5-7-11-20/h8-9,12-13,20-23,26,30H,2-7,10-11,14-19H2,1H3,(H,31,35)/t21-,22+,23?,26?,30?. The van der Waals surface area contributed by atoms with Crippen molar-refractivity contribution in [1.29, 1.82) is 0 Å². The van der Waals surface area contributed by atoms with Crippen LogP contribution in [0.25, 0.3) is 11.0 Å². The van der Waals surface area contributed by atoms with Crippen LogP contribution < -0.4 is 10.9 Å². The van der Waals surface area contributed by atoms with E-state index < -0.39 is 5.91 Å². The van der Waals surface area contributed by atoms with Gasteiger partial charge in [-0.25, -0.2) is 4.98 Å². The number of piperidine rings is 1. The number of amides is 1. The van der Waals surface area contributed by atoms with Crippen molar-refractivity contribution >= 4 is 16.9 Å². The quantitative estimate of drug-likeness (QED) is 0.512. The molecule has 1 saturated carbocycles. The smallest absolute Gasteiger partial charge is 0.282 e. The van der Waals surface area contributed by atoms with Gasteiger partial charge in [-0.1, -0.05) is 44.2 Å². The van der Waals surface area contributed by atoms with E-state index in [1.807, 2.05) is 35.8 Å². The molecule has 1 aliphatic carbocycles. The van der Waals surface area contributed by atoms with Gasteiger partial charge in [-0.05, 0) is 64.0 Å². The summed E-state index contributed by atoms with van der Waals surface area (Å²) in [6.07, 6.45) is 14.3. The van der Waals surface area contributed by atoms with Crippen molar-refractivity contribution in [2.24, 2.45) is 0 Å². The molecule has 206 valence electrons. The van der Waals surface area contributed by atoms with Gasteiger partial charge in [0.1, 0.15) is 6.10 Å². The third-order valence-electron chi connectivity index (χ3n) is 9.22. The Morgan fingerprint density at radius 1 is 1.00 bits per heavy atom. The van der Waals surface area contributed by atoms with Gasteiger partial charge in [0.15, 0.2) is 12.0 Å². The fourth-order valence-corrected chi connectivity index (χ4v) is 7.44. The predicted octanol–water partition coefficient (Wildman–Crippen LogP) is 4.56. The lowest BCUT2D eigenvalue weighted by Gasteiger charge is -2.45. The maximum atomic E-state index is 13.9. The Bertz CT molecular complexity index is 1180. The molecule has 1 amide bonds. The second-order valence-electron chi connectivity index (χ2n) is 11.6. The van der Waals surface area contributed by atoms with Crippen LogP contribution in [-0.4, -0.2) is 64.0 Å². The number of nitrogens with one attached hydrogen (secondary N) is 1. The molecule has 3 saturated heterocycles. The molecule has 4 fully saturated rings. The van der Waals surface area contributed by atoms with Crippen molar-refractivity contribution in [3.05, 3.63) is 40.3 Å². The molecule has 8 heteroatoms. The van der Waals surface area contributed by atoms with E-state index in [-0.39, 0.29) is 29.7 Å². The molecule has 8 nitrogen and oxygen atoms in total. The molecule has 1 N–H and O–H groups in total. The first-order valence-corrected chi connectivity index (χ1v) is 15.0. The zero-order chi connectivity index (χ0) is 26.1. The Morgan fingerprint density at radius 3 is 2.45 bits per heavy atom. The average molecular weight is 523 g/mol. The first kappa shape index (κ1) is 26.0. The third kappa shape index (κ3) is 5.27. The summed E-state index contributed by atoms with van der Waals surface area (Å²) in [6.45, 7) is 2.96. The zero-order valence-electron chi connectivity index (χ0n) is 22.6. The number of carbonyl (C=O) groups excluding carboxylic acids is 1. The Morgan fingerprint density at radius 2 is 1.71 bits per heavy atom. The van der Waals surface area contributed by atoms with Gasteiger partial charge in [-0.2, -0.15) is 0 Å². The molecule has 4 heterocycles. The van der Waals surface area contributed by atoms with E-state index in [9.17, 15) is 9.59 Å². The molecular weight excluding hydrogens is 480 g/mol. The topological polar surface area (TPSA) is 89.0 Å². The number of fused-ring (bicyclic) bond motifs is 3. The van der Waals surface area contributed by atoms with E-state index >= 15 is 0 Å². The fraction of sp³-hybridized carbons (Fsp3) is 0.700. The zero-order valence-corrected chi connectivity index (χ0v) is 22.6. The monoisotopic (exact) mass is 522 g/mol. The Labute approximate surface area is 225 Å². The van der Waals surface area contributed by atoms with E-state index in [2.05, 4.69) is 15.2 Å². The Kier molecular flexibility index (Phi) is 7.82. The molecule has 6 rings (SSSR count). The summed E-state index contributed by atoms with van der Waals surface area (Å²) in [7, 11) is 0. The van der Waals surface area contributed by atoms with Gasteiger partial charge < -0.3 is 19.4 Å². The van der Waals surface area contributed by atoms with Gasteiger partial charge in [0.25, 0.3) is 11.5 Å². The molecule has 38 heavy (non-hydrogen) atoms. The molecule has 3 aliphatic heterocycles. The van der Waals surface area contributed by atoms with Crippen LogP contribution in [-0.2, 0) is 9.47 Å². The average Bonchev–Trinajstić information content (AvgIpc) is 3.58. The summed E-state index contributed by atoms with van der Waals surface area (Å²) in [6, 6.07) is 9.60. The van der Waals surface area contributed by atoms with Crippen molar-refractivity contribution in [3.8, 4) is 0 Å². The highest BCUT2D eigenvalue weighted by atomic mass is 16.8. The summed E-state index contributed by atoms with van der Waals surface area (Å²) >= 11 is 0. The van der Waals surface area contributed by atoms with Crippen LogP contribution in [0.4, 0.5) is 0 Å². The van der Waals surface area contributed by atoms with E-state index in [0.29, 0.717) is 43.2 Å². The van der Waals surface area contributed by atoms with Gasteiger partial charge in [-0.3, -0.25) is 14.5 Å². The summed E-state index contributed by atoms with van der Waals surface area (Å²) in [4.78, 5) is 34.4. The van der Waals surface area contributed by atoms with E-state index in [0.717, 1.165) is 18.4 Å². The van der Waals surface area contributed by atoms with Gasteiger partial charge in [0, 0.05) is 37.3 Å². The lowest BCUT2D eigenvalue weighted by Crippen LogP contribution is -2.50. The number of hydrogen-bond acceptors (Lipinski definition) is 6. The Balaban J connectivity index is 1.21. The van der Waals surface area contributed by atoms with Crippen LogP contribution in [0.5, 0.6) is 0 Å². The first-order valence-electron chi connectivity index (χ1n) is 15.0. The van der Waals surface area contributed by atoms with Crippen molar-refractivity contribution in [3.63, 3.8) is 0 Å². The number of hydrogen-bond donors (Lipinski definition) is 1. The minimum absolute atomic E-state index is 0.00318. The number of para-hydroxylation sites is 2. The molecule has 0 spiro atoms. The van der Waals surface area contributed by atoms with E-state index in [1.165, 1.54) is 57.8 Å². The summed E-state index contributed by atoms with van der Waals surface area (Å²) in [5.74, 6) is -0.405. The predicted molar refractivity (Wildman–Crippen MR) is 146 cm³/mol. The molecule has 3 unspecified atom stereocenters. The molecule has 4 aliphatic rings. The number of rotatable bonds is 8. The fourth-order valence-electron chi connectivity index (χ4n) is 7.44. The number of epoxide rings is 1. The summed E-state index contributed by atoms with van der Waals surface area (Å²) < 4.78 is 12.8. The van der Waals surface area contributed by atoms with Crippen molar-refractivity contribution in [1.82, 2.24) is 19.8 Å². The molecule has 1 aromatic heterocycles. The highest BCUT2D eigenvalue weighted by Gasteiger charge is 2.45. The summed E-state index contributed by atoms with van der Waals surface area (Å²) in [5, 5.41) is 2.90. The van der Waals surface area contributed by atoms with Crippen LogP contribution in [0.3, 0.4) is 0 Å². The lowest BCUT2D eigenvalue weighted by atomic mass is 9.89. The maximum Gasteiger partial charge on any atom is 0.282 e. The number of benzene rings is 1. The minimum Gasteiger partial charge on any atom is -0.350 e. The van der Waals surface area contributed by atoms with Crippen LogP contribution in [0.1, 0.15) is 101 Å². The molecule has 0 radical (unpaired) electrons. The highest BCUT2D eigenvalue weighted by Crippen LogP contribution is 2.44. The Hall–Kier alpha value is -2.29. The van der Waals surface area contributed by atoms with Crippen molar-refractivity contribution in [2.75, 3.05) is 13.2 Å². The normalized spacial score (nSPS) is 30.2. The largest absolute Gasteiger partial charge is 0.350 e. The second-order valence-corrected chi connectivity index (χ2v) is 11.6. The maximum absolute atomic E-state index is 13.9. The number of ether oxygens (including phenoxy) is 2. The molecule has 2 bridgehead atoms. The van der Waals surface area contributed by atoms with Crippen molar-refractivity contribution < 1.29 is 14.3 Å². The molecule has 5 atom stereocenters. The lowest BCUT2D eigenvalue weighted by molar-refractivity contribution is 0.0497. The molecule has 2 aromatic rings. The number of nitrogens with zero attached hydrogens (tertiary/aromatic N) is 3. The van der Waals surface area contributed by atoms with E-state index in [4.69, 9.17) is 9.47 Å². The van der Waals surface area contributed by atoms with Crippen LogP contribution in [0.2, 0.25) is 0 Å². The van der Waals surface area contributed by atoms with Gasteiger partial charge in [0.05, 0.1) is 11.0 Å². The van der Waals surface area contributed by atoms with E-state index in [1.54, 1.807) is 0 Å². The van der Waals surface area contributed by atoms with Crippen LogP contribution >= 0.6 is 0 Å². The van der Waals surface area contributed by atoms with Crippen LogP contribution in [0, 0.1) is 0 Å². The third-order valence-corrected chi connectivity index (χ3v) is 9.22. The minimum atomic E-state index is -0.405. The molecule has 1 aromatic carbocycles. The highest BCUT2D eigenvalue weighted by molar-refractivity contribution is 5.93. The number of carbonyl (C=O) groups is 1. The molecular formula is C30H42N4O4. The SMILES string of the molecule is CCOC1OC1CCNC(=O)c1nc2ccccc2n(C2C[C@H]3CC[C@@H](C2)N3C2CCCCCCC2)c1=O.